The highest BCUT2D eigenvalue weighted by Gasteiger charge is 2.23. The summed E-state index contributed by atoms with van der Waals surface area (Å²) in [5.74, 6) is 0.0172. The molecule has 0 N–H and O–H groups in total. The Hall–Kier alpha value is -0.570. The highest BCUT2D eigenvalue weighted by atomic mass is 16.5. The quantitative estimate of drug-likeness (QED) is 0.0611. The van der Waals surface area contributed by atoms with Gasteiger partial charge in [-0.15, -0.1) is 0 Å². The molecule has 0 aromatic rings. The topological polar surface area (TPSA) is 26.3 Å². The Morgan fingerprint density at radius 2 is 0.857 bits per heavy atom. The number of carbonyl (C=O) groups is 1. The van der Waals surface area contributed by atoms with Crippen LogP contribution in [-0.2, 0) is 9.53 Å². The Morgan fingerprint density at radius 1 is 0.486 bits per heavy atom. The molecule has 210 valence electrons. The van der Waals surface area contributed by atoms with Crippen LogP contribution in [0.15, 0.2) is 0 Å². The maximum absolute atomic E-state index is 12.2. The molecule has 0 atom stereocenters. The van der Waals surface area contributed by atoms with Gasteiger partial charge in [0.2, 0.25) is 0 Å². The number of carbonyl (C=O) groups excluding carboxylic acids is 1. The molecule has 0 unspecified atom stereocenters. The van der Waals surface area contributed by atoms with Crippen molar-refractivity contribution in [3.8, 4) is 0 Å². The normalized spacial score (nSPS) is 11.8. The molecule has 3 heteroatoms. The van der Waals surface area contributed by atoms with Crippen LogP contribution in [0.1, 0.15) is 169 Å². The smallest absolute Gasteiger partial charge is 0.305 e. The minimum Gasteiger partial charge on any atom is -0.460 e. The first-order chi connectivity index (χ1) is 17.1. The summed E-state index contributed by atoms with van der Waals surface area (Å²) in [7, 11) is 0. The molecule has 0 rings (SSSR count). The summed E-state index contributed by atoms with van der Waals surface area (Å²) in [5.41, 5.74) is 0. The molecule has 0 bridgehead atoms. The van der Waals surface area contributed by atoms with E-state index in [9.17, 15) is 4.79 Å². The Labute approximate surface area is 221 Å². The van der Waals surface area contributed by atoms with Crippen LogP contribution in [0.4, 0.5) is 0 Å². The van der Waals surface area contributed by atoms with Gasteiger partial charge < -0.3 is 9.22 Å². The van der Waals surface area contributed by atoms with Crippen LogP contribution in [0, 0.1) is 0 Å². The molecule has 0 fully saturated rings. The molecule has 0 aromatic carbocycles. The van der Waals surface area contributed by atoms with Crippen molar-refractivity contribution in [1.29, 1.82) is 0 Å². The van der Waals surface area contributed by atoms with Crippen molar-refractivity contribution in [2.24, 2.45) is 0 Å². The molecule has 0 saturated heterocycles. The summed E-state index contributed by atoms with van der Waals surface area (Å²) in [5, 5.41) is 0. The van der Waals surface area contributed by atoms with Gasteiger partial charge in [-0.25, -0.2) is 0 Å². The maximum Gasteiger partial charge on any atom is 0.305 e. The van der Waals surface area contributed by atoms with Gasteiger partial charge in [0, 0.05) is 6.42 Å². The van der Waals surface area contributed by atoms with Crippen molar-refractivity contribution in [3.63, 3.8) is 0 Å². The molecule has 0 aliphatic rings. The molecule has 0 radical (unpaired) electrons. The van der Waals surface area contributed by atoms with Gasteiger partial charge in [0.15, 0.2) is 0 Å². The number of hydrogen-bond donors (Lipinski definition) is 0. The first-order valence-corrected chi connectivity index (χ1v) is 16.1. The second-order valence-electron chi connectivity index (χ2n) is 11.1. The fraction of sp³-hybridized carbons (Fsp3) is 0.969. The van der Waals surface area contributed by atoms with Crippen LogP contribution < -0.4 is 0 Å². The van der Waals surface area contributed by atoms with Gasteiger partial charge >= 0.3 is 5.97 Å². The maximum atomic E-state index is 12.2. The third-order valence-electron chi connectivity index (χ3n) is 8.14. The van der Waals surface area contributed by atoms with Crippen molar-refractivity contribution < 1.29 is 14.0 Å². The third kappa shape index (κ3) is 22.4. The van der Waals surface area contributed by atoms with Gasteiger partial charge in [0.05, 0.1) is 19.6 Å². The summed E-state index contributed by atoms with van der Waals surface area (Å²) in [6.07, 6.45) is 29.0. The van der Waals surface area contributed by atoms with Gasteiger partial charge in [0.25, 0.3) is 0 Å². The molecular weight excluding hydrogens is 430 g/mol. The predicted molar refractivity (Wildman–Crippen MR) is 155 cm³/mol. The van der Waals surface area contributed by atoms with E-state index < -0.39 is 0 Å². The van der Waals surface area contributed by atoms with E-state index in [1.807, 2.05) is 0 Å². The van der Waals surface area contributed by atoms with E-state index in [4.69, 9.17) is 4.74 Å². The third-order valence-corrected chi connectivity index (χ3v) is 8.14. The first kappa shape index (κ1) is 34.4. The number of ether oxygens (including phenoxy) is 1. The van der Waals surface area contributed by atoms with Crippen molar-refractivity contribution in [2.45, 2.75) is 169 Å². The molecule has 3 nitrogen and oxygen atoms in total. The van der Waals surface area contributed by atoms with E-state index in [2.05, 4.69) is 27.7 Å². The average molecular weight is 497 g/mol. The fourth-order valence-corrected chi connectivity index (χ4v) is 5.26. The van der Waals surface area contributed by atoms with Gasteiger partial charge in [-0.3, -0.25) is 4.79 Å². The van der Waals surface area contributed by atoms with E-state index >= 15 is 0 Å². The second kappa shape index (κ2) is 26.5. The van der Waals surface area contributed by atoms with E-state index in [1.54, 1.807) is 0 Å². The van der Waals surface area contributed by atoms with Crippen LogP contribution in [0.25, 0.3) is 0 Å². The van der Waals surface area contributed by atoms with Gasteiger partial charge in [0.1, 0.15) is 13.2 Å². The molecule has 0 aromatic heterocycles. The molecule has 0 aliphatic heterocycles. The van der Waals surface area contributed by atoms with Crippen LogP contribution in [-0.4, -0.2) is 43.2 Å². The van der Waals surface area contributed by atoms with Crippen LogP contribution in [0.2, 0.25) is 0 Å². The molecular formula is C32H66NO2+. The molecule has 35 heavy (non-hydrogen) atoms. The predicted octanol–water partition coefficient (Wildman–Crippen LogP) is 10.0. The van der Waals surface area contributed by atoms with Crippen molar-refractivity contribution >= 4 is 5.97 Å². The van der Waals surface area contributed by atoms with Crippen molar-refractivity contribution in [2.75, 3.05) is 32.8 Å². The lowest BCUT2D eigenvalue weighted by atomic mass is 10.0. The zero-order valence-corrected chi connectivity index (χ0v) is 24.9. The lowest BCUT2D eigenvalue weighted by Gasteiger charge is -2.36. The zero-order valence-electron chi connectivity index (χ0n) is 24.9. The number of nitrogens with zero attached hydrogens (tertiary/aromatic N) is 1. The van der Waals surface area contributed by atoms with E-state index in [0.717, 1.165) is 30.5 Å². The SMILES string of the molecule is CCCCCCCCCCCCCC[N+](CC)(CC)CCOC(=O)CCCCCCCCCCC. The summed E-state index contributed by atoms with van der Waals surface area (Å²) >= 11 is 0. The Kier molecular flexibility index (Phi) is 26.1. The number of hydrogen-bond acceptors (Lipinski definition) is 2. The van der Waals surface area contributed by atoms with Crippen LogP contribution >= 0.6 is 0 Å². The average Bonchev–Trinajstić information content (AvgIpc) is 2.87. The lowest BCUT2D eigenvalue weighted by Crippen LogP contribution is -2.50. The standard InChI is InChI=1S/C32H66NO2/c1-5-9-11-13-15-17-18-19-21-23-25-27-29-33(7-3,8-4)30-31-35-32(34)28-26-24-22-20-16-14-12-10-6-2/h5-31H2,1-4H3/q+1. The molecule has 0 saturated carbocycles. The highest BCUT2D eigenvalue weighted by molar-refractivity contribution is 5.69. The molecule has 0 heterocycles. The summed E-state index contributed by atoms with van der Waals surface area (Å²) in [6.45, 7) is 14.3. The minimum atomic E-state index is 0.0172. The number of unbranched alkanes of at least 4 members (excludes halogenated alkanes) is 19. The van der Waals surface area contributed by atoms with Crippen LogP contribution in [0.3, 0.4) is 0 Å². The van der Waals surface area contributed by atoms with Gasteiger partial charge in [-0.1, -0.05) is 129 Å². The van der Waals surface area contributed by atoms with Gasteiger partial charge in [-0.2, -0.15) is 0 Å². The largest absolute Gasteiger partial charge is 0.460 e. The Morgan fingerprint density at radius 3 is 1.26 bits per heavy atom. The van der Waals surface area contributed by atoms with E-state index in [1.165, 1.54) is 135 Å². The summed E-state index contributed by atoms with van der Waals surface area (Å²) in [4.78, 5) is 12.2. The van der Waals surface area contributed by atoms with E-state index in [-0.39, 0.29) is 5.97 Å². The number of esters is 1. The zero-order chi connectivity index (χ0) is 25.9. The first-order valence-electron chi connectivity index (χ1n) is 16.1. The minimum absolute atomic E-state index is 0.0172. The molecule has 0 spiro atoms. The van der Waals surface area contributed by atoms with Gasteiger partial charge in [-0.05, 0) is 33.1 Å². The molecule has 0 aliphatic carbocycles. The fourth-order valence-electron chi connectivity index (χ4n) is 5.26. The molecule has 0 amide bonds. The lowest BCUT2D eigenvalue weighted by molar-refractivity contribution is -0.925. The Balaban J connectivity index is 3.72. The number of quaternary nitrogens is 1. The number of rotatable bonds is 28. The van der Waals surface area contributed by atoms with Crippen LogP contribution in [0.5, 0.6) is 0 Å². The summed E-state index contributed by atoms with van der Waals surface area (Å²) < 4.78 is 6.73. The van der Waals surface area contributed by atoms with E-state index in [0.29, 0.717) is 13.0 Å². The second-order valence-corrected chi connectivity index (χ2v) is 11.1. The summed E-state index contributed by atoms with van der Waals surface area (Å²) in [6, 6.07) is 0. The van der Waals surface area contributed by atoms with Crippen molar-refractivity contribution in [3.05, 3.63) is 0 Å². The van der Waals surface area contributed by atoms with Crippen molar-refractivity contribution in [1.82, 2.24) is 0 Å². The number of likely N-dealkylation sites (N-methyl/N-ethyl adjacent to an activating group) is 1. The Bertz CT molecular complexity index is 433. The monoisotopic (exact) mass is 497 g/mol. The highest BCUT2D eigenvalue weighted by Crippen LogP contribution is 2.15.